The van der Waals surface area contributed by atoms with Crippen molar-refractivity contribution in [3.8, 4) is 0 Å². The molecule has 0 saturated heterocycles. The van der Waals surface area contributed by atoms with E-state index in [0.29, 0.717) is 11.4 Å². The molecule has 3 N–H and O–H groups in total. The Morgan fingerprint density at radius 2 is 1.96 bits per heavy atom. The molecule has 1 aromatic carbocycles. The monoisotopic (exact) mass is 348 g/mol. The number of allylic oxidation sites excluding steroid dienone is 3. The molecule has 2 rings (SSSR count). The number of aromatic amines is 1. The molecule has 1 heterocycles. The van der Waals surface area contributed by atoms with Gasteiger partial charge in [-0.15, -0.1) is 0 Å². The first-order valence-electron chi connectivity index (χ1n) is 8.80. The molecule has 0 aliphatic heterocycles. The number of nitrogens with one attached hydrogen (secondary N) is 3. The molecule has 4 heteroatoms. The SMILES string of the molecule is C=N/C(C)=C(/C(=C)C)C(=N)c1[nH]c2cc(C(=C)NCCC)ccc2c1C. The molecule has 0 spiro atoms. The summed E-state index contributed by atoms with van der Waals surface area (Å²) in [7, 11) is 0. The van der Waals surface area contributed by atoms with Crippen LogP contribution in [0.5, 0.6) is 0 Å². The number of H-pyrrole nitrogens is 1. The number of fused-ring (bicyclic) bond motifs is 1. The second-order valence-electron chi connectivity index (χ2n) is 6.56. The van der Waals surface area contributed by atoms with E-state index in [1.54, 1.807) is 0 Å². The molecular weight excluding hydrogens is 320 g/mol. The Morgan fingerprint density at radius 3 is 2.54 bits per heavy atom. The van der Waals surface area contributed by atoms with Crippen LogP contribution in [0.2, 0.25) is 0 Å². The maximum atomic E-state index is 8.69. The smallest absolute Gasteiger partial charge is 0.0870 e. The predicted molar refractivity (Wildman–Crippen MR) is 114 cm³/mol. The van der Waals surface area contributed by atoms with Crippen molar-refractivity contribution in [2.24, 2.45) is 4.99 Å². The van der Waals surface area contributed by atoms with Gasteiger partial charge in [0.25, 0.3) is 0 Å². The summed E-state index contributed by atoms with van der Waals surface area (Å²) in [6.07, 6.45) is 1.05. The topological polar surface area (TPSA) is 64.0 Å². The average Bonchev–Trinajstić information content (AvgIpc) is 2.95. The Kier molecular flexibility index (Phi) is 5.98. The molecule has 0 aliphatic rings. The summed E-state index contributed by atoms with van der Waals surface area (Å²) in [5.41, 5.74) is 7.39. The summed E-state index contributed by atoms with van der Waals surface area (Å²) < 4.78 is 0. The molecule has 2 aromatic rings. The largest absolute Gasteiger partial charge is 0.385 e. The van der Waals surface area contributed by atoms with Crippen LogP contribution in [0.1, 0.15) is 44.0 Å². The summed E-state index contributed by atoms with van der Waals surface area (Å²) in [4.78, 5) is 7.40. The molecule has 0 atom stereocenters. The third-order valence-corrected chi connectivity index (χ3v) is 4.52. The fourth-order valence-electron chi connectivity index (χ4n) is 3.06. The number of hydrogen-bond donors (Lipinski definition) is 3. The highest BCUT2D eigenvalue weighted by Gasteiger charge is 2.18. The minimum atomic E-state index is 0.389. The Balaban J connectivity index is 2.51. The van der Waals surface area contributed by atoms with Crippen molar-refractivity contribution in [2.75, 3.05) is 6.54 Å². The fourth-order valence-corrected chi connectivity index (χ4v) is 3.06. The normalized spacial score (nSPS) is 11.8. The Labute approximate surface area is 155 Å². The van der Waals surface area contributed by atoms with E-state index < -0.39 is 0 Å². The van der Waals surface area contributed by atoms with Crippen LogP contribution >= 0.6 is 0 Å². The van der Waals surface area contributed by atoms with Gasteiger partial charge in [-0.25, -0.2) is 0 Å². The van der Waals surface area contributed by atoms with Crippen LogP contribution in [-0.2, 0) is 0 Å². The van der Waals surface area contributed by atoms with Crippen LogP contribution in [0.25, 0.3) is 16.6 Å². The van der Waals surface area contributed by atoms with Gasteiger partial charge in [0.2, 0.25) is 0 Å². The lowest BCUT2D eigenvalue weighted by Gasteiger charge is -2.11. The zero-order valence-electron chi connectivity index (χ0n) is 16.2. The second kappa shape index (κ2) is 8.00. The molecule has 4 nitrogen and oxygen atoms in total. The van der Waals surface area contributed by atoms with Gasteiger partial charge in [-0.1, -0.05) is 32.2 Å². The number of aliphatic imine (C=N–C) groups is 1. The average molecular weight is 348 g/mol. The lowest BCUT2D eigenvalue weighted by atomic mass is 9.97. The van der Waals surface area contributed by atoms with Gasteiger partial charge in [-0.3, -0.25) is 10.4 Å². The van der Waals surface area contributed by atoms with Crippen molar-refractivity contribution in [3.63, 3.8) is 0 Å². The van der Waals surface area contributed by atoms with E-state index in [0.717, 1.165) is 57.5 Å². The van der Waals surface area contributed by atoms with Gasteiger partial charge < -0.3 is 10.3 Å². The van der Waals surface area contributed by atoms with Gasteiger partial charge in [0, 0.05) is 34.4 Å². The van der Waals surface area contributed by atoms with Crippen molar-refractivity contribution >= 4 is 29.0 Å². The van der Waals surface area contributed by atoms with E-state index in [2.05, 4.69) is 60.3 Å². The Bertz CT molecular complexity index is 925. The highest BCUT2D eigenvalue weighted by atomic mass is 14.9. The molecule has 136 valence electrons. The van der Waals surface area contributed by atoms with Gasteiger partial charge >= 0.3 is 0 Å². The standard InChI is InChI=1S/C22H28N4/c1-8-11-25-15(5)17-9-10-18-14(4)22(26-19(18)12-17)21(23)20(13(2)3)16(6)24-7/h9-10,12,23,25-26H,2,5,7-8,11H2,1,3-4,6H3/b20-16-,23-21?. The van der Waals surface area contributed by atoms with Crippen LogP contribution in [-0.4, -0.2) is 24.0 Å². The van der Waals surface area contributed by atoms with E-state index in [1.165, 1.54) is 0 Å². The minimum Gasteiger partial charge on any atom is -0.385 e. The van der Waals surface area contributed by atoms with Crippen molar-refractivity contribution < 1.29 is 0 Å². The van der Waals surface area contributed by atoms with Crippen LogP contribution in [0.4, 0.5) is 0 Å². The van der Waals surface area contributed by atoms with Gasteiger partial charge in [0.05, 0.1) is 11.4 Å². The van der Waals surface area contributed by atoms with Crippen LogP contribution < -0.4 is 5.32 Å². The van der Waals surface area contributed by atoms with E-state index in [4.69, 9.17) is 5.41 Å². The quantitative estimate of drug-likeness (QED) is 0.436. The molecular formula is C22H28N4. The van der Waals surface area contributed by atoms with Crippen molar-refractivity contribution in [1.82, 2.24) is 10.3 Å². The van der Waals surface area contributed by atoms with Crippen LogP contribution in [0.15, 0.2) is 53.2 Å². The number of aromatic nitrogens is 1. The molecule has 0 aliphatic carbocycles. The van der Waals surface area contributed by atoms with Crippen LogP contribution in [0.3, 0.4) is 0 Å². The zero-order chi connectivity index (χ0) is 19.4. The summed E-state index contributed by atoms with van der Waals surface area (Å²) >= 11 is 0. The molecule has 0 fully saturated rings. The van der Waals surface area contributed by atoms with Gasteiger partial charge in [-0.05, 0) is 56.7 Å². The third-order valence-electron chi connectivity index (χ3n) is 4.52. The van der Waals surface area contributed by atoms with Crippen molar-refractivity contribution in [3.05, 3.63) is 65.0 Å². The third kappa shape index (κ3) is 3.69. The molecule has 0 bridgehead atoms. The number of benzene rings is 1. The molecule has 0 unspecified atom stereocenters. The number of aryl methyl sites for hydroxylation is 1. The molecule has 1 aromatic heterocycles. The molecule has 0 radical (unpaired) electrons. The van der Waals surface area contributed by atoms with Gasteiger partial charge in [-0.2, -0.15) is 0 Å². The van der Waals surface area contributed by atoms with Gasteiger partial charge in [0.1, 0.15) is 0 Å². The van der Waals surface area contributed by atoms with E-state index in [1.807, 2.05) is 20.8 Å². The number of nitrogens with zero attached hydrogens (tertiary/aromatic N) is 1. The zero-order valence-corrected chi connectivity index (χ0v) is 16.2. The van der Waals surface area contributed by atoms with E-state index in [-0.39, 0.29) is 0 Å². The first-order valence-corrected chi connectivity index (χ1v) is 8.80. The van der Waals surface area contributed by atoms with Crippen molar-refractivity contribution in [1.29, 1.82) is 5.41 Å². The highest BCUT2D eigenvalue weighted by Crippen LogP contribution is 2.28. The fraction of sp³-hybridized carbons (Fsp3) is 0.273. The summed E-state index contributed by atoms with van der Waals surface area (Å²) in [6.45, 7) is 20.5. The maximum Gasteiger partial charge on any atom is 0.0870 e. The Hall–Kier alpha value is -2.88. The summed E-state index contributed by atoms with van der Waals surface area (Å²) in [5, 5.41) is 13.1. The summed E-state index contributed by atoms with van der Waals surface area (Å²) in [5.74, 6) is 0. The minimum absolute atomic E-state index is 0.389. The van der Waals surface area contributed by atoms with E-state index in [9.17, 15) is 0 Å². The lowest BCUT2D eigenvalue weighted by Crippen LogP contribution is -2.11. The summed E-state index contributed by atoms with van der Waals surface area (Å²) in [6, 6.07) is 6.22. The number of hydrogen-bond acceptors (Lipinski definition) is 3. The van der Waals surface area contributed by atoms with E-state index >= 15 is 0 Å². The Morgan fingerprint density at radius 1 is 1.27 bits per heavy atom. The van der Waals surface area contributed by atoms with Gasteiger partial charge in [0.15, 0.2) is 0 Å². The number of rotatable bonds is 8. The lowest BCUT2D eigenvalue weighted by molar-refractivity contribution is 0.825. The molecule has 0 amide bonds. The molecule has 26 heavy (non-hydrogen) atoms. The first kappa shape index (κ1) is 19.4. The predicted octanol–water partition coefficient (Wildman–Crippen LogP) is 5.37. The maximum absolute atomic E-state index is 8.69. The molecule has 0 saturated carbocycles. The highest BCUT2D eigenvalue weighted by molar-refractivity contribution is 6.15. The van der Waals surface area contributed by atoms with Crippen LogP contribution in [0, 0.1) is 12.3 Å². The first-order chi connectivity index (χ1) is 12.3. The van der Waals surface area contributed by atoms with Crippen molar-refractivity contribution in [2.45, 2.75) is 34.1 Å². The second-order valence-corrected chi connectivity index (χ2v) is 6.56.